The van der Waals surface area contributed by atoms with Gasteiger partial charge in [0.15, 0.2) is 0 Å². The number of hydrogen-bond acceptors (Lipinski definition) is 5. The van der Waals surface area contributed by atoms with Gasteiger partial charge in [-0.2, -0.15) is 0 Å². The molecule has 1 atom stereocenters. The molecule has 144 valence electrons. The average molecular weight is 377 g/mol. The monoisotopic (exact) mass is 377 g/mol. The number of amides is 1. The zero-order valence-electron chi connectivity index (χ0n) is 16.1. The van der Waals surface area contributed by atoms with Gasteiger partial charge in [0.2, 0.25) is 11.8 Å². The summed E-state index contributed by atoms with van der Waals surface area (Å²) in [5.74, 6) is 1.94. The Balaban J connectivity index is 1.47. The molecule has 1 saturated heterocycles. The maximum Gasteiger partial charge on any atom is 0.253 e. The predicted octanol–water partition coefficient (Wildman–Crippen LogP) is 4.07. The normalized spacial score (nSPS) is 16.8. The highest BCUT2D eigenvalue weighted by Gasteiger charge is 2.29. The van der Waals surface area contributed by atoms with Crippen LogP contribution in [0.25, 0.3) is 11.5 Å². The number of carbonyl (C=O) groups is 1. The third kappa shape index (κ3) is 3.76. The first-order chi connectivity index (χ1) is 13.6. The lowest BCUT2D eigenvalue weighted by molar-refractivity contribution is 0.0698. The van der Waals surface area contributed by atoms with E-state index in [0.29, 0.717) is 23.9 Å². The van der Waals surface area contributed by atoms with Crippen molar-refractivity contribution in [3.8, 4) is 17.2 Å². The molecule has 0 N–H and O–H groups in total. The smallest absolute Gasteiger partial charge is 0.253 e. The van der Waals surface area contributed by atoms with Gasteiger partial charge >= 0.3 is 0 Å². The van der Waals surface area contributed by atoms with E-state index in [1.807, 2.05) is 36.1 Å². The topological polar surface area (TPSA) is 68.5 Å². The molecule has 0 aliphatic carbocycles. The molecule has 1 amide bonds. The molecule has 1 aliphatic heterocycles. The molecule has 1 aliphatic rings. The van der Waals surface area contributed by atoms with Crippen LogP contribution < -0.4 is 4.74 Å². The molecule has 2 aromatic carbocycles. The second-order valence-electron chi connectivity index (χ2n) is 7.13. The number of aromatic nitrogens is 2. The van der Waals surface area contributed by atoms with E-state index in [0.717, 1.165) is 30.7 Å². The Labute approximate surface area is 164 Å². The minimum Gasteiger partial charge on any atom is -0.497 e. The second kappa shape index (κ2) is 7.84. The highest BCUT2D eigenvalue weighted by Crippen LogP contribution is 2.29. The quantitative estimate of drug-likeness (QED) is 0.685. The summed E-state index contributed by atoms with van der Waals surface area (Å²) < 4.78 is 11.1. The number of aryl methyl sites for hydroxylation is 1. The Morgan fingerprint density at radius 1 is 1.11 bits per heavy atom. The van der Waals surface area contributed by atoms with E-state index < -0.39 is 0 Å². The molecule has 0 unspecified atom stereocenters. The number of piperidine rings is 1. The third-order valence-electron chi connectivity index (χ3n) is 5.13. The summed E-state index contributed by atoms with van der Waals surface area (Å²) in [4.78, 5) is 14.7. The minimum atomic E-state index is 0.0191. The van der Waals surface area contributed by atoms with Crippen LogP contribution in [0, 0.1) is 6.92 Å². The summed E-state index contributed by atoms with van der Waals surface area (Å²) in [7, 11) is 1.61. The molecular weight excluding hydrogens is 354 g/mol. The van der Waals surface area contributed by atoms with Gasteiger partial charge in [0, 0.05) is 24.2 Å². The summed E-state index contributed by atoms with van der Waals surface area (Å²) in [6.07, 6.45) is 1.84. The van der Waals surface area contributed by atoms with Crippen LogP contribution in [0.5, 0.6) is 5.75 Å². The molecular formula is C22H23N3O3. The van der Waals surface area contributed by atoms with Crippen LogP contribution in [0.2, 0.25) is 0 Å². The molecule has 0 spiro atoms. The predicted molar refractivity (Wildman–Crippen MR) is 105 cm³/mol. The fourth-order valence-corrected chi connectivity index (χ4v) is 3.49. The molecule has 0 saturated carbocycles. The highest BCUT2D eigenvalue weighted by atomic mass is 16.5. The van der Waals surface area contributed by atoms with Gasteiger partial charge in [0.05, 0.1) is 13.0 Å². The molecule has 2 heterocycles. The minimum absolute atomic E-state index is 0.0191. The molecule has 0 bridgehead atoms. The summed E-state index contributed by atoms with van der Waals surface area (Å²) >= 11 is 0. The zero-order chi connectivity index (χ0) is 19.5. The van der Waals surface area contributed by atoms with Crippen LogP contribution in [0.15, 0.2) is 52.9 Å². The highest BCUT2D eigenvalue weighted by molar-refractivity contribution is 5.94. The summed E-state index contributed by atoms with van der Waals surface area (Å²) in [6, 6.07) is 15.2. The molecule has 28 heavy (non-hydrogen) atoms. The largest absolute Gasteiger partial charge is 0.497 e. The van der Waals surface area contributed by atoms with Crippen molar-refractivity contribution in [3.63, 3.8) is 0 Å². The van der Waals surface area contributed by atoms with Gasteiger partial charge in [-0.15, -0.1) is 10.2 Å². The number of hydrogen-bond donors (Lipinski definition) is 0. The van der Waals surface area contributed by atoms with Crippen LogP contribution in [0.3, 0.4) is 0 Å². The lowest BCUT2D eigenvalue weighted by atomic mass is 9.97. The van der Waals surface area contributed by atoms with Crippen molar-refractivity contribution in [1.82, 2.24) is 15.1 Å². The van der Waals surface area contributed by atoms with Crippen molar-refractivity contribution in [2.24, 2.45) is 0 Å². The fraction of sp³-hybridized carbons (Fsp3) is 0.318. The van der Waals surface area contributed by atoms with Crippen molar-refractivity contribution >= 4 is 5.91 Å². The zero-order valence-corrected chi connectivity index (χ0v) is 16.1. The number of rotatable bonds is 4. The molecule has 1 aromatic heterocycles. The first kappa shape index (κ1) is 18.2. The Kier molecular flexibility index (Phi) is 5.10. The van der Waals surface area contributed by atoms with Crippen molar-refractivity contribution in [2.75, 3.05) is 20.2 Å². The summed E-state index contributed by atoms with van der Waals surface area (Å²) in [5.41, 5.74) is 2.75. The van der Waals surface area contributed by atoms with Crippen LogP contribution in [-0.2, 0) is 0 Å². The molecule has 3 aromatic rings. The van der Waals surface area contributed by atoms with Gasteiger partial charge in [-0.1, -0.05) is 17.7 Å². The molecule has 4 rings (SSSR count). The van der Waals surface area contributed by atoms with Crippen LogP contribution in [-0.4, -0.2) is 41.2 Å². The van der Waals surface area contributed by atoms with Gasteiger partial charge in [0.1, 0.15) is 5.75 Å². The van der Waals surface area contributed by atoms with Crippen molar-refractivity contribution in [1.29, 1.82) is 0 Å². The number of ether oxygens (including phenoxy) is 1. The average Bonchev–Trinajstić information content (AvgIpc) is 3.24. The van der Waals surface area contributed by atoms with Crippen molar-refractivity contribution < 1.29 is 13.9 Å². The number of carbonyl (C=O) groups excluding carboxylic acids is 1. The van der Waals surface area contributed by atoms with E-state index >= 15 is 0 Å². The van der Waals surface area contributed by atoms with Crippen LogP contribution in [0.4, 0.5) is 0 Å². The van der Waals surface area contributed by atoms with E-state index in [9.17, 15) is 4.79 Å². The third-order valence-corrected chi connectivity index (χ3v) is 5.13. The van der Waals surface area contributed by atoms with Gasteiger partial charge < -0.3 is 14.1 Å². The van der Waals surface area contributed by atoms with Crippen molar-refractivity contribution in [3.05, 3.63) is 65.5 Å². The first-order valence-electron chi connectivity index (χ1n) is 9.48. The Hall–Kier alpha value is -3.15. The van der Waals surface area contributed by atoms with Crippen LogP contribution >= 0.6 is 0 Å². The van der Waals surface area contributed by atoms with E-state index in [-0.39, 0.29) is 11.8 Å². The van der Waals surface area contributed by atoms with E-state index in [2.05, 4.69) is 10.2 Å². The lowest BCUT2D eigenvalue weighted by Gasteiger charge is -2.31. The fourth-order valence-electron chi connectivity index (χ4n) is 3.49. The lowest BCUT2D eigenvalue weighted by Crippen LogP contribution is -2.39. The maximum absolute atomic E-state index is 12.9. The number of benzene rings is 2. The Bertz CT molecular complexity index is 948. The van der Waals surface area contributed by atoms with Crippen LogP contribution in [0.1, 0.15) is 40.6 Å². The van der Waals surface area contributed by atoms with Gasteiger partial charge in [-0.25, -0.2) is 0 Å². The number of methoxy groups -OCH3 is 1. The standard InChI is InChI=1S/C22H23N3O3/c1-15-5-7-16(8-6-15)20-23-24-21(28-20)18-4-3-13-25(14-18)22(26)17-9-11-19(27-2)12-10-17/h5-12,18H,3-4,13-14H2,1-2H3/t18-/m1/s1. The Morgan fingerprint density at radius 2 is 1.86 bits per heavy atom. The van der Waals surface area contributed by atoms with E-state index in [1.54, 1.807) is 31.4 Å². The van der Waals surface area contributed by atoms with E-state index in [1.165, 1.54) is 5.56 Å². The summed E-state index contributed by atoms with van der Waals surface area (Å²) in [6.45, 7) is 3.36. The first-order valence-corrected chi connectivity index (χ1v) is 9.48. The second-order valence-corrected chi connectivity index (χ2v) is 7.13. The molecule has 1 fully saturated rings. The molecule has 6 heteroatoms. The van der Waals surface area contributed by atoms with Gasteiger partial charge in [-0.3, -0.25) is 4.79 Å². The van der Waals surface area contributed by atoms with Gasteiger partial charge in [0.25, 0.3) is 5.91 Å². The van der Waals surface area contributed by atoms with Crippen molar-refractivity contribution in [2.45, 2.75) is 25.7 Å². The Morgan fingerprint density at radius 3 is 2.57 bits per heavy atom. The number of nitrogens with zero attached hydrogens (tertiary/aromatic N) is 3. The molecule has 0 radical (unpaired) electrons. The molecule has 6 nitrogen and oxygen atoms in total. The summed E-state index contributed by atoms with van der Waals surface area (Å²) in [5, 5.41) is 8.46. The SMILES string of the molecule is COc1ccc(C(=O)N2CCC[C@@H](c3nnc(-c4ccc(C)cc4)o3)C2)cc1. The van der Waals surface area contributed by atoms with E-state index in [4.69, 9.17) is 9.15 Å². The number of likely N-dealkylation sites (tertiary alicyclic amines) is 1. The maximum atomic E-state index is 12.9. The van der Waals surface area contributed by atoms with Gasteiger partial charge in [-0.05, 0) is 56.2 Å².